The molecular weight excluding hydrogens is 348 g/mol. The number of aromatic nitrogens is 7. The zero-order chi connectivity index (χ0) is 18.3. The highest BCUT2D eigenvalue weighted by molar-refractivity contribution is 5.45. The van der Waals surface area contributed by atoms with Gasteiger partial charge in [-0.2, -0.15) is 4.68 Å². The number of ether oxygens (including phenoxy) is 1. The molecule has 0 radical (unpaired) electrons. The molecule has 2 aliphatic rings. The fraction of sp³-hybridized carbons (Fsp3) is 0.471. The van der Waals surface area contributed by atoms with Crippen LogP contribution in [0.5, 0.6) is 0 Å². The van der Waals surface area contributed by atoms with Gasteiger partial charge in [0.15, 0.2) is 11.5 Å². The second kappa shape index (κ2) is 6.31. The van der Waals surface area contributed by atoms with Crippen molar-refractivity contribution in [3.63, 3.8) is 0 Å². The summed E-state index contributed by atoms with van der Waals surface area (Å²) < 4.78 is 8.34. The molecule has 2 fully saturated rings. The molecule has 5 heterocycles. The Bertz CT molecular complexity index is 987. The molecule has 3 aromatic rings. The van der Waals surface area contributed by atoms with Crippen LogP contribution in [0.1, 0.15) is 19.3 Å². The van der Waals surface area contributed by atoms with Crippen molar-refractivity contribution in [3.05, 3.63) is 41.3 Å². The minimum absolute atomic E-state index is 0.243. The average Bonchev–Trinajstić information content (AvgIpc) is 3.43. The van der Waals surface area contributed by atoms with Gasteiger partial charge in [0.05, 0.1) is 18.6 Å². The third kappa shape index (κ3) is 2.81. The van der Waals surface area contributed by atoms with Crippen LogP contribution in [0.4, 0.5) is 5.82 Å². The largest absolute Gasteiger partial charge is 0.381 e. The molecule has 0 aromatic carbocycles. The fourth-order valence-corrected chi connectivity index (χ4v) is 4.01. The van der Waals surface area contributed by atoms with Crippen molar-refractivity contribution < 1.29 is 4.74 Å². The maximum Gasteiger partial charge on any atom is 0.298 e. The van der Waals surface area contributed by atoms with Crippen molar-refractivity contribution in [2.24, 2.45) is 5.41 Å². The lowest BCUT2D eigenvalue weighted by atomic mass is 9.80. The van der Waals surface area contributed by atoms with Gasteiger partial charge in [-0.05, 0) is 24.7 Å². The lowest BCUT2D eigenvalue weighted by Crippen LogP contribution is -2.33. The first-order valence-corrected chi connectivity index (χ1v) is 9.06. The molecule has 0 unspecified atom stereocenters. The van der Waals surface area contributed by atoms with E-state index < -0.39 is 0 Å². The van der Waals surface area contributed by atoms with Crippen molar-refractivity contribution >= 4 is 5.82 Å². The molecule has 5 rings (SSSR count). The molecule has 0 saturated carbocycles. The van der Waals surface area contributed by atoms with E-state index in [1.54, 1.807) is 12.4 Å². The number of nitrogens with zero attached hydrogens (tertiary/aromatic N) is 7. The van der Waals surface area contributed by atoms with Crippen LogP contribution in [0, 0.1) is 5.41 Å². The second-order valence-corrected chi connectivity index (χ2v) is 7.17. The van der Waals surface area contributed by atoms with Gasteiger partial charge >= 0.3 is 0 Å². The van der Waals surface area contributed by atoms with Gasteiger partial charge in [0, 0.05) is 32.4 Å². The lowest BCUT2D eigenvalue weighted by molar-refractivity contribution is 0.0254. The molecule has 0 aliphatic carbocycles. The van der Waals surface area contributed by atoms with Crippen molar-refractivity contribution in [1.82, 2.24) is 34.7 Å². The first kappa shape index (κ1) is 16.2. The van der Waals surface area contributed by atoms with Gasteiger partial charge in [-0.15, -0.1) is 5.10 Å². The Kier molecular flexibility index (Phi) is 3.78. The van der Waals surface area contributed by atoms with E-state index in [1.165, 1.54) is 21.9 Å². The normalized spacial score (nSPS) is 19.0. The van der Waals surface area contributed by atoms with Crippen LogP contribution in [0.25, 0.3) is 11.5 Å². The van der Waals surface area contributed by atoms with Crippen LogP contribution in [-0.2, 0) is 4.74 Å². The van der Waals surface area contributed by atoms with E-state index in [1.807, 2.05) is 6.07 Å². The van der Waals surface area contributed by atoms with Crippen LogP contribution < -0.4 is 10.5 Å². The quantitative estimate of drug-likeness (QED) is 0.719. The topological polar surface area (TPSA) is 107 Å². The molecule has 10 nitrogen and oxygen atoms in total. The summed E-state index contributed by atoms with van der Waals surface area (Å²) in [6.07, 6.45) is 9.58. The van der Waals surface area contributed by atoms with Gasteiger partial charge < -0.3 is 9.64 Å². The van der Waals surface area contributed by atoms with E-state index >= 15 is 0 Å². The zero-order valence-corrected chi connectivity index (χ0v) is 14.8. The average molecular weight is 368 g/mol. The highest BCUT2D eigenvalue weighted by Gasteiger charge is 2.39. The monoisotopic (exact) mass is 368 g/mol. The summed E-state index contributed by atoms with van der Waals surface area (Å²) in [4.78, 5) is 23.7. The van der Waals surface area contributed by atoms with Crippen LogP contribution >= 0.6 is 0 Å². The highest BCUT2D eigenvalue weighted by atomic mass is 16.5. The van der Waals surface area contributed by atoms with Gasteiger partial charge in [-0.25, -0.2) is 14.6 Å². The Morgan fingerprint density at radius 3 is 2.81 bits per heavy atom. The number of hydrogen-bond acceptors (Lipinski definition) is 7. The van der Waals surface area contributed by atoms with E-state index in [0.29, 0.717) is 16.9 Å². The summed E-state index contributed by atoms with van der Waals surface area (Å²) in [5.74, 6) is 1.34. The van der Waals surface area contributed by atoms with Crippen LogP contribution in [0.2, 0.25) is 0 Å². The molecule has 3 aromatic heterocycles. The summed E-state index contributed by atoms with van der Waals surface area (Å²) in [6, 6.07) is 1.85. The summed E-state index contributed by atoms with van der Waals surface area (Å²) >= 11 is 0. The minimum Gasteiger partial charge on any atom is -0.381 e. The molecule has 1 spiro atoms. The van der Waals surface area contributed by atoms with Gasteiger partial charge in [-0.1, -0.05) is 5.21 Å². The lowest BCUT2D eigenvalue weighted by Gasteiger charge is -2.33. The predicted molar refractivity (Wildman–Crippen MR) is 96.2 cm³/mol. The Morgan fingerprint density at radius 2 is 2.00 bits per heavy atom. The molecule has 10 heteroatoms. The molecule has 1 N–H and O–H groups in total. The Balaban J connectivity index is 1.43. The number of rotatable bonds is 3. The summed E-state index contributed by atoms with van der Waals surface area (Å²) in [5.41, 5.74) is 0.467. The third-order valence-corrected chi connectivity index (χ3v) is 5.61. The van der Waals surface area contributed by atoms with E-state index in [9.17, 15) is 4.79 Å². The minimum atomic E-state index is -0.243. The molecule has 0 amide bonds. The third-order valence-electron chi connectivity index (χ3n) is 5.61. The van der Waals surface area contributed by atoms with Gasteiger partial charge in [-0.3, -0.25) is 9.89 Å². The maximum absolute atomic E-state index is 12.7. The first-order chi connectivity index (χ1) is 13.2. The fourth-order valence-electron chi connectivity index (χ4n) is 4.01. The zero-order valence-electron chi connectivity index (χ0n) is 14.8. The van der Waals surface area contributed by atoms with E-state index in [4.69, 9.17) is 4.74 Å². The summed E-state index contributed by atoms with van der Waals surface area (Å²) in [5, 5.41) is 10.5. The highest BCUT2D eigenvalue weighted by Crippen LogP contribution is 2.40. The smallest absolute Gasteiger partial charge is 0.298 e. The van der Waals surface area contributed by atoms with Gasteiger partial charge in [0.25, 0.3) is 5.56 Å². The standard InChI is InChI=1S/C17H20N8O2/c26-16-13(24-6-4-20-22-24)10-21-25(16)15-9-14(18-12-19-15)23-5-1-17(11-23)2-7-27-8-3-17/h4,6,9-10,12,21H,1-3,5,7-8,11H2. The number of nitrogens with one attached hydrogen (secondary N) is 1. The van der Waals surface area contributed by atoms with E-state index in [-0.39, 0.29) is 5.56 Å². The molecule has 140 valence electrons. The first-order valence-electron chi connectivity index (χ1n) is 9.06. The van der Waals surface area contributed by atoms with Crippen LogP contribution in [-0.4, -0.2) is 61.0 Å². The van der Waals surface area contributed by atoms with Crippen molar-refractivity contribution in [3.8, 4) is 11.5 Å². The van der Waals surface area contributed by atoms with Gasteiger partial charge in [0.2, 0.25) is 0 Å². The molecule has 0 atom stereocenters. The van der Waals surface area contributed by atoms with Crippen LogP contribution in [0.3, 0.4) is 0 Å². The van der Waals surface area contributed by atoms with Crippen molar-refractivity contribution in [2.45, 2.75) is 19.3 Å². The molecule has 2 aliphatic heterocycles. The van der Waals surface area contributed by atoms with Crippen LogP contribution in [0.15, 0.2) is 35.8 Å². The van der Waals surface area contributed by atoms with Gasteiger partial charge in [0.1, 0.15) is 12.1 Å². The number of aromatic amines is 1. The Morgan fingerprint density at radius 1 is 1.15 bits per heavy atom. The molecule has 27 heavy (non-hydrogen) atoms. The van der Waals surface area contributed by atoms with E-state index in [2.05, 4.69) is 30.3 Å². The Labute approximate surface area is 154 Å². The van der Waals surface area contributed by atoms with Crippen molar-refractivity contribution in [2.75, 3.05) is 31.2 Å². The molecular formula is C17H20N8O2. The molecule has 0 bridgehead atoms. The second-order valence-electron chi connectivity index (χ2n) is 7.17. The number of H-pyrrole nitrogens is 1. The predicted octanol–water partition coefficient (Wildman–Crippen LogP) is 0.543. The summed E-state index contributed by atoms with van der Waals surface area (Å²) in [6.45, 7) is 3.61. The number of anilines is 1. The maximum atomic E-state index is 12.7. The van der Waals surface area contributed by atoms with Crippen molar-refractivity contribution in [1.29, 1.82) is 0 Å². The molecule has 2 saturated heterocycles. The summed E-state index contributed by atoms with van der Waals surface area (Å²) in [7, 11) is 0. The Hall–Kier alpha value is -3.01. The van der Waals surface area contributed by atoms with E-state index in [0.717, 1.165) is 51.4 Å². The number of hydrogen-bond donors (Lipinski definition) is 1. The SMILES string of the molecule is O=c1c(-n2ccnn2)c[nH]n1-c1cc(N2CCC3(CCOCC3)C2)ncn1.